The molecule has 1 aliphatic rings. The summed E-state index contributed by atoms with van der Waals surface area (Å²) in [6, 6.07) is 0. The minimum Gasteiger partial charge on any atom is -0.497 e. The fourth-order valence-electron chi connectivity index (χ4n) is 3.49. The molecule has 0 aliphatic heterocycles. The Bertz CT molecular complexity index is 375. The molecule has 0 unspecified atom stereocenters. The summed E-state index contributed by atoms with van der Waals surface area (Å²) in [6.45, 7) is 12.3. The van der Waals surface area contributed by atoms with Crippen molar-refractivity contribution in [2.75, 3.05) is 14.2 Å². The zero-order valence-corrected chi connectivity index (χ0v) is 13.9. The van der Waals surface area contributed by atoms with Crippen LogP contribution in [0.25, 0.3) is 0 Å². The van der Waals surface area contributed by atoms with Gasteiger partial charge in [0, 0.05) is 13.0 Å². The van der Waals surface area contributed by atoms with Crippen molar-refractivity contribution in [1.82, 2.24) is 0 Å². The van der Waals surface area contributed by atoms with E-state index in [4.69, 9.17) is 9.47 Å². The first-order valence-corrected chi connectivity index (χ1v) is 7.86. The maximum Gasteiger partial charge on any atom is 0.123 e. The summed E-state index contributed by atoms with van der Waals surface area (Å²) in [5.74, 6) is 1.72. The highest BCUT2D eigenvalue weighted by Crippen LogP contribution is 2.44. The zero-order chi connectivity index (χ0) is 16.0. The predicted octanol–water partition coefficient (Wildman–Crippen LogP) is 4.00. The van der Waals surface area contributed by atoms with Crippen LogP contribution in [0.5, 0.6) is 0 Å². The first-order valence-electron chi connectivity index (χ1n) is 7.86. The highest BCUT2D eigenvalue weighted by atomic mass is 16.5. The third kappa shape index (κ3) is 4.44. The summed E-state index contributed by atoms with van der Waals surface area (Å²) < 4.78 is 10.5. The lowest BCUT2D eigenvalue weighted by molar-refractivity contribution is -0.116. The Labute approximate surface area is 129 Å². The van der Waals surface area contributed by atoms with Gasteiger partial charge in [-0.3, -0.25) is 0 Å². The molecule has 0 aromatic heterocycles. The van der Waals surface area contributed by atoms with Crippen molar-refractivity contribution in [2.45, 2.75) is 45.6 Å². The van der Waals surface area contributed by atoms with E-state index in [1.165, 1.54) is 0 Å². The van der Waals surface area contributed by atoms with E-state index < -0.39 is 0 Å². The topological polar surface area (TPSA) is 35.5 Å². The van der Waals surface area contributed by atoms with Gasteiger partial charge in [-0.2, -0.15) is 0 Å². The van der Waals surface area contributed by atoms with Crippen LogP contribution in [0.2, 0.25) is 0 Å². The highest BCUT2D eigenvalue weighted by molar-refractivity contribution is 5.57. The summed E-state index contributed by atoms with van der Waals surface area (Å²) in [4.78, 5) is 11.7. The molecule has 1 rings (SSSR count). The van der Waals surface area contributed by atoms with E-state index in [0.717, 1.165) is 37.5 Å². The molecule has 0 aromatic carbocycles. The number of hydrogen-bond donors (Lipinski definition) is 0. The minimum atomic E-state index is 0.0113. The van der Waals surface area contributed by atoms with Gasteiger partial charge in [-0.25, -0.2) is 0 Å². The van der Waals surface area contributed by atoms with Crippen molar-refractivity contribution >= 4 is 6.29 Å². The summed E-state index contributed by atoms with van der Waals surface area (Å²) >= 11 is 0. The second kappa shape index (κ2) is 8.38. The van der Waals surface area contributed by atoms with Crippen LogP contribution in [0.4, 0.5) is 0 Å². The molecule has 0 bridgehead atoms. The van der Waals surface area contributed by atoms with Crippen LogP contribution in [0.3, 0.4) is 0 Å². The normalized spacial score (nSPS) is 30.5. The molecule has 0 amide bonds. The van der Waals surface area contributed by atoms with Crippen molar-refractivity contribution in [2.24, 2.45) is 23.7 Å². The van der Waals surface area contributed by atoms with Crippen LogP contribution < -0.4 is 0 Å². The standard InChI is InChI=1S/C18H30O3/c1-12-7-9-17(14(3)15(4)21-6)18(11-19)16(12)10-8-13(2)20-5/h11-13,16-18H,3-4,7-10H2,1-2,5-6H3/t12-,13+,16+,17+,18+/m1/s1. The molecule has 0 heterocycles. The fourth-order valence-corrected chi connectivity index (χ4v) is 3.49. The molecule has 3 nitrogen and oxygen atoms in total. The van der Waals surface area contributed by atoms with Gasteiger partial charge in [0.05, 0.1) is 13.2 Å². The Balaban J connectivity index is 2.82. The number of rotatable bonds is 8. The van der Waals surface area contributed by atoms with Gasteiger partial charge in [0.15, 0.2) is 0 Å². The van der Waals surface area contributed by atoms with Crippen LogP contribution in [-0.2, 0) is 14.3 Å². The van der Waals surface area contributed by atoms with Gasteiger partial charge in [-0.1, -0.05) is 20.1 Å². The molecule has 5 atom stereocenters. The molecule has 1 fully saturated rings. The fraction of sp³-hybridized carbons (Fsp3) is 0.722. The van der Waals surface area contributed by atoms with Gasteiger partial charge in [0.25, 0.3) is 0 Å². The van der Waals surface area contributed by atoms with Crippen molar-refractivity contribution in [3.8, 4) is 0 Å². The Morgan fingerprint density at radius 3 is 2.52 bits per heavy atom. The van der Waals surface area contributed by atoms with E-state index in [1.54, 1.807) is 14.2 Å². The molecule has 0 spiro atoms. The first kappa shape index (κ1) is 18.0. The van der Waals surface area contributed by atoms with E-state index in [1.807, 2.05) is 0 Å². The monoisotopic (exact) mass is 294 g/mol. The van der Waals surface area contributed by atoms with Gasteiger partial charge in [-0.15, -0.1) is 0 Å². The third-order valence-electron chi connectivity index (χ3n) is 5.14. The molecule has 0 radical (unpaired) electrons. The van der Waals surface area contributed by atoms with Crippen molar-refractivity contribution in [3.63, 3.8) is 0 Å². The lowest BCUT2D eigenvalue weighted by Gasteiger charge is -2.40. The number of carbonyl (C=O) groups excluding carboxylic acids is 1. The number of methoxy groups -OCH3 is 2. The highest BCUT2D eigenvalue weighted by Gasteiger charge is 2.39. The zero-order valence-electron chi connectivity index (χ0n) is 13.9. The maximum atomic E-state index is 11.7. The largest absolute Gasteiger partial charge is 0.497 e. The lowest BCUT2D eigenvalue weighted by atomic mass is 9.64. The number of ether oxygens (including phenoxy) is 2. The van der Waals surface area contributed by atoms with Gasteiger partial charge < -0.3 is 14.3 Å². The maximum absolute atomic E-state index is 11.7. The smallest absolute Gasteiger partial charge is 0.123 e. The van der Waals surface area contributed by atoms with Crippen LogP contribution in [-0.4, -0.2) is 26.6 Å². The Morgan fingerprint density at radius 2 is 2.00 bits per heavy atom. The SMILES string of the molecule is C=C(OC)C(=C)[C@@H]1CC[C@@H](C)[C@H](CC[C@H](C)OC)[C@@H]1C=O. The molecule has 0 aromatic rings. The molecule has 120 valence electrons. The summed E-state index contributed by atoms with van der Waals surface area (Å²) in [7, 11) is 3.34. The van der Waals surface area contributed by atoms with Crippen LogP contribution in [0.1, 0.15) is 39.5 Å². The lowest BCUT2D eigenvalue weighted by Crippen LogP contribution is -2.36. The molecule has 21 heavy (non-hydrogen) atoms. The second-order valence-electron chi connectivity index (χ2n) is 6.31. The van der Waals surface area contributed by atoms with Crippen molar-refractivity contribution in [3.05, 3.63) is 24.5 Å². The number of allylic oxidation sites excluding steroid dienone is 1. The summed E-state index contributed by atoms with van der Waals surface area (Å²) in [6.07, 6.45) is 5.47. The molecular formula is C18H30O3. The van der Waals surface area contributed by atoms with Crippen LogP contribution in [0, 0.1) is 23.7 Å². The van der Waals surface area contributed by atoms with Gasteiger partial charge in [0.2, 0.25) is 0 Å². The average molecular weight is 294 g/mol. The average Bonchev–Trinajstić information content (AvgIpc) is 2.51. The minimum absolute atomic E-state index is 0.0113. The van der Waals surface area contributed by atoms with Crippen LogP contribution >= 0.6 is 0 Å². The number of hydrogen-bond acceptors (Lipinski definition) is 3. The van der Waals surface area contributed by atoms with Crippen molar-refractivity contribution in [1.29, 1.82) is 0 Å². The first-order chi connectivity index (χ1) is 9.96. The van der Waals surface area contributed by atoms with Gasteiger partial charge in [0.1, 0.15) is 12.0 Å². The van der Waals surface area contributed by atoms with Gasteiger partial charge >= 0.3 is 0 Å². The summed E-state index contributed by atoms with van der Waals surface area (Å²) in [5, 5.41) is 0. The molecule has 3 heteroatoms. The van der Waals surface area contributed by atoms with E-state index in [2.05, 4.69) is 27.0 Å². The molecule has 0 N–H and O–H groups in total. The van der Waals surface area contributed by atoms with E-state index in [0.29, 0.717) is 17.6 Å². The third-order valence-corrected chi connectivity index (χ3v) is 5.14. The predicted molar refractivity (Wildman–Crippen MR) is 85.9 cm³/mol. The molecule has 1 aliphatic carbocycles. The van der Waals surface area contributed by atoms with E-state index >= 15 is 0 Å². The number of carbonyl (C=O) groups is 1. The number of aldehydes is 1. The van der Waals surface area contributed by atoms with Crippen molar-refractivity contribution < 1.29 is 14.3 Å². The molecule has 1 saturated carbocycles. The second-order valence-corrected chi connectivity index (χ2v) is 6.31. The Kier molecular flexibility index (Phi) is 7.16. The van der Waals surface area contributed by atoms with Crippen LogP contribution in [0.15, 0.2) is 24.5 Å². The summed E-state index contributed by atoms with van der Waals surface area (Å²) in [5.41, 5.74) is 0.881. The van der Waals surface area contributed by atoms with E-state index in [-0.39, 0.29) is 17.9 Å². The quantitative estimate of drug-likeness (QED) is 0.386. The Hall–Kier alpha value is -1.09. The molecule has 0 saturated heterocycles. The van der Waals surface area contributed by atoms with Gasteiger partial charge in [-0.05, 0) is 55.9 Å². The van der Waals surface area contributed by atoms with E-state index in [9.17, 15) is 4.79 Å². The Morgan fingerprint density at radius 1 is 1.33 bits per heavy atom. The molecular weight excluding hydrogens is 264 g/mol.